The first-order valence-electron chi connectivity index (χ1n) is 7.34. The van der Waals surface area contributed by atoms with E-state index in [4.69, 9.17) is 9.47 Å². The number of benzene rings is 2. The Bertz CT molecular complexity index is 844. The predicted octanol–water partition coefficient (Wildman–Crippen LogP) is 3.14. The van der Waals surface area contributed by atoms with Crippen LogP contribution in [0, 0.1) is 0 Å². The van der Waals surface area contributed by atoms with E-state index in [1.807, 2.05) is 30.3 Å². The molecule has 6 heteroatoms. The highest BCUT2D eigenvalue weighted by atomic mass is 16.5. The van der Waals surface area contributed by atoms with Gasteiger partial charge in [0.05, 0.1) is 37.4 Å². The van der Waals surface area contributed by atoms with Crippen molar-refractivity contribution in [1.82, 2.24) is 9.78 Å². The van der Waals surface area contributed by atoms with Gasteiger partial charge in [-0.15, -0.1) is 0 Å². The summed E-state index contributed by atoms with van der Waals surface area (Å²) in [6.07, 6.45) is 3.21. The average molecular weight is 323 g/mol. The van der Waals surface area contributed by atoms with Gasteiger partial charge in [0.25, 0.3) is 5.91 Å². The second-order valence-electron chi connectivity index (χ2n) is 5.03. The van der Waals surface area contributed by atoms with Gasteiger partial charge in [-0.2, -0.15) is 5.10 Å². The Morgan fingerprint density at radius 2 is 1.88 bits per heavy atom. The molecule has 1 N–H and O–H groups in total. The zero-order valence-electron chi connectivity index (χ0n) is 13.4. The van der Waals surface area contributed by atoms with Crippen LogP contribution >= 0.6 is 0 Å². The number of carbonyl (C=O) groups is 1. The third-order valence-corrected chi connectivity index (χ3v) is 3.52. The summed E-state index contributed by atoms with van der Waals surface area (Å²) in [6.45, 7) is 0. The Morgan fingerprint density at radius 1 is 1.08 bits per heavy atom. The molecule has 2 aromatic carbocycles. The van der Waals surface area contributed by atoms with Crippen LogP contribution in [-0.4, -0.2) is 29.9 Å². The highest BCUT2D eigenvalue weighted by Gasteiger charge is 2.13. The summed E-state index contributed by atoms with van der Waals surface area (Å²) in [5.41, 5.74) is 1.91. The number of ether oxygens (including phenoxy) is 2. The van der Waals surface area contributed by atoms with E-state index in [9.17, 15) is 4.79 Å². The number of aromatic nitrogens is 2. The Hall–Kier alpha value is -3.28. The van der Waals surface area contributed by atoms with E-state index >= 15 is 0 Å². The number of para-hydroxylation sites is 1. The van der Waals surface area contributed by atoms with Crippen molar-refractivity contribution in [1.29, 1.82) is 0 Å². The Morgan fingerprint density at radius 3 is 2.58 bits per heavy atom. The molecule has 0 bridgehead atoms. The summed E-state index contributed by atoms with van der Waals surface area (Å²) in [5.74, 6) is 0.917. The minimum atomic E-state index is -0.263. The van der Waals surface area contributed by atoms with Crippen LogP contribution in [0.4, 0.5) is 5.69 Å². The van der Waals surface area contributed by atoms with Gasteiger partial charge in [-0.1, -0.05) is 18.2 Å². The second kappa shape index (κ2) is 6.87. The molecule has 0 aliphatic rings. The van der Waals surface area contributed by atoms with Crippen LogP contribution in [0.1, 0.15) is 10.4 Å². The van der Waals surface area contributed by atoms with Crippen molar-refractivity contribution in [2.75, 3.05) is 19.5 Å². The monoisotopic (exact) mass is 323 g/mol. The average Bonchev–Trinajstić information content (AvgIpc) is 3.13. The Kier molecular flexibility index (Phi) is 4.47. The molecule has 24 heavy (non-hydrogen) atoms. The standard InChI is InChI=1S/C18H17N3O3/c1-23-15-8-9-16(17(10-15)24-2)20-18(22)13-11-19-21(12-13)14-6-4-3-5-7-14/h3-12H,1-2H3,(H,20,22). The summed E-state index contributed by atoms with van der Waals surface area (Å²) in [5, 5.41) is 7.04. The highest BCUT2D eigenvalue weighted by Crippen LogP contribution is 2.29. The lowest BCUT2D eigenvalue weighted by Crippen LogP contribution is -2.12. The molecule has 6 nitrogen and oxygen atoms in total. The summed E-state index contributed by atoms with van der Waals surface area (Å²) in [4.78, 5) is 12.4. The van der Waals surface area contributed by atoms with Crippen LogP contribution in [0.25, 0.3) is 5.69 Å². The zero-order chi connectivity index (χ0) is 16.9. The van der Waals surface area contributed by atoms with E-state index in [0.29, 0.717) is 22.7 Å². The van der Waals surface area contributed by atoms with Gasteiger partial charge in [-0.25, -0.2) is 4.68 Å². The van der Waals surface area contributed by atoms with Gasteiger partial charge in [0.15, 0.2) is 0 Å². The lowest BCUT2D eigenvalue weighted by molar-refractivity contribution is 0.102. The molecule has 0 spiro atoms. The maximum atomic E-state index is 12.4. The fourth-order valence-electron chi connectivity index (χ4n) is 2.26. The minimum absolute atomic E-state index is 0.263. The highest BCUT2D eigenvalue weighted by molar-refractivity contribution is 6.04. The smallest absolute Gasteiger partial charge is 0.258 e. The van der Waals surface area contributed by atoms with Gasteiger partial charge in [0, 0.05) is 12.3 Å². The predicted molar refractivity (Wildman–Crippen MR) is 91.1 cm³/mol. The molecule has 0 aliphatic carbocycles. The molecule has 0 atom stereocenters. The normalized spacial score (nSPS) is 10.2. The van der Waals surface area contributed by atoms with Gasteiger partial charge in [-0.3, -0.25) is 4.79 Å². The van der Waals surface area contributed by atoms with Crippen LogP contribution in [0.3, 0.4) is 0 Å². The molecule has 0 aliphatic heterocycles. The third-order valence-electron chi connectivity index (χ3n) is 3.52. The molecule has 3 aromatic rings. The summed E-state index contributed by atoms with van der Waals surface area (Å²) >= 11 is 0. The van der Waals surface area contributed by atoms with E-state index in [0.717, 1.165) is 5.69 Å². The molecule has 1 amide bonds. The molecule has 0 saturated heterocycles. The molecular formula is C18H17N3O3. The van der Waals surface area contributed by atoms with Crippen LogP contribution in [0.2, 0.25) is 0 Å². The van der Waals surface area contributed by atoms with Crippen molar-refractivity contribution in [2.45, 2.75) is 0 Å². The van der Waals surface area contributed by atoms with Crippen LogP contribution in [0.5, 0.6) is 11.5 Å². The number of carbonyl (C=O) groups excluding carboxylic acids is 1. The van der Waals surface area contributed by atoms with E-state index in [1.165, 1.54) is 13.3 Å². The SMILES string of the molecule is COc1ccc(NC(=O)c2cnn(-c3ccccc3)c2)c(OC)c1. The van der Waals surface area contributed by atoms with Gasteiger partial charge in [0.1, 0.15) is 11.5 Å². The van der Waals surface area contributed by atoms with Crippen molar-refractivity contribution < 1.29 is 14.3 Å². The summed E-state index contributed by atoms with van der Waals surface area (Å²) in [7, 11) is 3.11. The van der Waals surface area contributed by atoms with Crippen molar-refractivity contribution in [3.05, 3.63) is 66.5 Å². The molecule has 1 heterocycles. The molecular weight excluding hydrogens is 306 g/mol. The van der Waals surface area contributed by atoms with Crippen molar-refractivity contribution in [3.63, 3.8) is 0 Å². The van der Waals surface area contributed by atoms with Gasteiger partial charge >= 0.3 is 0 Å². The largest absolute Gasteiger partial charge is 0.497 e. The number of methoxy groups -OCH3 is 2. The van der Waals surface area contributed by atoms with E-state index in [-0.39, 0.29) is 5.91 Å². The molecule has 0 saturated carbocycles. The van der Waals surface area contributed by atoms with E-state index in [2.05, 4.69) is 10.4 Å². The maximum absolute atomic E-state index is 12.4. The van der Waals surface area contributed by atoms with Crippen LogP contribution in [0.15, 0.2) is 60.9 Å². The Balaban J connectivity index is 1.80. The van der Waals surface area contributed by atoms with Crippen LogP contribution < -0.4 is 14.8 Å². The quantitative estimate of drug-likeness (QED) is 0.783. The molecule has 0 unspecified atom stereocenters. The van der Waals surface area contributed by atoms with Gasteiger partial charge in [-0.05, 0) is 24.3 Å². The van der Waals surface area contributed by atoms with E-state index in [1.54, 1.807) is 36.2 Å². The topological polar surface area (TPSA) is 65.4 Å². The Labute approximate surface area is 139 Å². The molecule has 0 fully saturated rings. The first-order chi connectivity index (χ1) is 11.7. The molecule has 3 rings (SSSR count). The number of anilines is 1. The summed E-state index contributed by atoms with van der Waals surface area (Å²) < 4.78 is 12.1. The van der Waals surface area contributed by atoms with Crippen LogP contribution in [-0.2, 0) is 0 Å². The zero-order valence-corrected chi connectivity index (χ0v) is 13.4. The van der Waals surface area contributed by atoms with Crippen molar-refractivity contribution >= 4 is 11.6 Å². The fourth-order valence-corrected chi connectivity index (χ4v) is 2.26. The molecule has 0 radical (unpaired) electrons. The number of nitrogens with one attached hydrogen (secondary N) is 1. The number of amides is 1. The first-order valence-corrected chi connectivity index (χ1v) is 7.34. The van der Waals surface area contributed by atoms with Crippen molar-refractivity contribution in [2.24, 2.45) is 0 Å². The van der Waals surface area contributed by atoms with Gasteiger partial charge < -0.3 is 14.8 Å². The van der Waals surface area contributed by atoms with Gasteiger partial charge in [0.2, 0.25) is 0 Å². The number of hydrogen-bond acceptors (Lipinski definition) is 4. The lowest BCUT2D eigenvalue weighted by atomic mass is 10.2. The second-order valence-corrected chi connectivity index (χ2v) is 5.03. The first kappa shape index (κ1) is 15.6. The number of rotatable bonds is 5. The lowest BCUT2D eigenvalue weighted by Gasteiger charge is -2.11. The number of nitrogens with zero attached hydrogens (tertiary/aromatic N) is 2. The van der Waals surface area contributed by atoms with Crippen molar-refractivity contribution in [3.8, 4) is 17.2 Å². The summed E-state index contributed by atoms with van der Waals surface area (Å²) in [6, 6.07) is 14.8. The molecule has 122 valence electrons. The number of hydrogen-bond donors (Lipinski definition) is 1. The minimum Gasteiger partial charge on any atom is -0.497 e. The third kappa shape index (κ3) is 3.22. The van der Waals surface area contributed by atoms with E-state index < -0.39 is 0 Å². The molecule has 1 aromatic heterocycles. The fraction of sp³-hybridized carbons (Fsp3) is 0.111. The maximum Gasteiger partial charge on any atom is 0.258 e.